The lowest BCUT2D eigenvalue weighted by atomic mass is 10.0. The van der Waals surface area contributed by atoms with Crippen molar-refractivity contribution in [3.05, 3.63) is 142 Å². The monoisotopic (exact) mass is 538 g/mol. The molecule has 4 aromatic carbocycles. The predicted octanol–water partition coefficient (Wildman–Crippen LogP) is 6.27. The molecule has 0 unspecified atom stereocenters. The molecule has 0 bridgehead atoms. The van der Waals surface area contributed by atoms with E-state index >= 15 is 0 Å². The summed E-state index contributed by atoms with van der Waals surface area (Å²) in [4.78, 5) is 47.9. The van der Waals surface area contributed by atoms with Gasteiger partial charge < -0.3 is 9.47 Å². The van der Waals surface area contributed by atoms with Crippen molar-refractivity contribution < 1.29 is 37.4 Å². The summed E-state index contributed by atoms with van der Waals surface area (Å²) in [6.07, 6.45) is 3.99. The van der Waals surface area contributed by atoms with E-state index in [1.807, 2.05) is 0 Å². The Hall–Kier alpha value is -5.50. The Kier molecular flexibility index (Phi) is 8.84. The maximum Gasteiger partial charge on any atom is 0.346 e. The number of rotatable bonds is 9. The molecule has 0 heterocycles. The number of hydrogen-bond donors (Lipinski definition) is 0. The normalized spacial score (nSPS) is 11.4. The van der Waals surface area contributed by atoms with E-state index in [-0.39, 0.29) is 33.8 Å². The molecule has 0 aliphatic carbocycles. The molecule has 0 aliphatic heterocycles. The molecule has 40 heavy (non-hydrogen) atoms. The van der Waals surface area contributed by atoms with Gasteiger partial charge in [-0.15, -0.1) is 0 Å². The van der Waals surface area contributed by atoms with E-state index in [0.29, 0.717) is 23.7 Å². The Morgan fingerprint density at radius 3 is 1.20 bits per heavy atom. The molecule has 0 saturated carbocycles. The Labute approximate surface area is 227 Å². The highest BCUT2D eigenvalue weighted by molar-refractivity contribution is 6.02. The predicted molar refractivity (Wildman–Crippen MR) is 144 cm³/mol. The van der Waals surface area contributed by atoms with Gasteiger partial charge in [0.25, 0.3) is 0 Å². The number of aldehydes is 2. The van der Waals surface area contributed by atoms with Crippen LogP contribution in [0.3, 0.4) is 0 Å². The minimum absolute atomic E-state index is 0.0844. The summed E-state index contributed by atoms with van der Waals surface area (Å²) in [5, 5.41) is 0. The first-order chi connectivity index (χ1) is 19.4. The van der Waals surface area contributed by atoms with Crippen molar-refractivity contribution in [2.24, 2.45) is 0 Å². The van der Waals surface area contributed by atoms with Crippen LogP contribution in [0.5, 0.6) is 11.5 Å². The van der Waals surface area contributed by atoms with Crippen molar-refractivity contribution in [3.63, 3.8) is 0 Å². The number of hydrogen-bond acceptors (Lipinski definition) is 6. The van der Waals surface area contributed by atoms with Crippen LogP contribution in [-0.4, -0.2) is 24.5 Å². The van der Waals surface area contributed by atoms with Crippen molar-refractivity contribution in [3.8, 4) is 11.5 Å². The molecular formula is C32H20F2O6. The minimum atomic E-state index is -0.853. The third kappa shape index (κ3) is 6.87. The van der Waals surface area contributed by atoms with Crippen LogP contribution in [0.4, 0.5) is 8.78 Å². The van der Waals surface area contributed by atoms with Crippen LogP contribution in [-0.2, 0) is 9.59 Å². The lowest BCUT2D eigenvalue weighted by Gasteiger charge is -2.06. The molecule has 0 amide bonds. The van der Waals surface area contributed by atoms with E-state index in [2.05, 4.69) is 0 Å². The Bertz CT molecular complexity index is 1500. The molecule has 0 N–H and O–H groups in total. The molecule has 0 atom stereocenters. The van der Waals surface area contributed by atoms with Gasteiger partial charge in [0.15, 0.2) is 12.6 Å². The van der Waals surface area contributed by atoms with E-state index in [0.717, 1.165) is 12.1 Å². The molecule has 0 saturated heterocycles. The summed E-state index contributed by atoms with van der Waals surface area (Å²) in [6, 6.07) is 23.0. The number of carbonyl (C=O) groups excluding carboxylic acids is 4. The first-order valence-corrected chi connectivity index (χ1v) is 11.9. The summed E-state index contributed by atoms with van der Waals surface area (Å²) in [6.45, 7) is 0. The summed E-state index contributed by atoms with van der Waals surface area (Å²) < 4.78 is 38.0. The van der Waals surface area contributed by atoms with Crippen molar-refractivity contribution in [1.29, 1.82) is 0 Å². The number of esters is 2. The van der Waals surface area contributed by atoms with E-state index in [1.165, 1.54) is 72.8 Å². The molecule has 8 heteroatoms. The highest BCUT2D eigenvalue weighted by atomic mass is 19.1. The lowest BCUT2D eigenvalue weighted by Crippen LogP contribution is -2.10. The van der Waals surface area contributed by atoms with Crippen molar-refractivity contribution in [2.45, 2.75) is 0 Å². The molecule has 0 spiro atoms. The summed E-state index contributed by atoms with van der Waals surface area (Å²) in [7, 11) is 0. The van der Waals surface area contributed by atoms with E-state index in [1.54, 1.807) is 24.3 Å². The van der Waals surface area contributed by atoms with Crippen LogP contribution in [0.1, 0.15) is 31.8 Å². The second kappa shape index (κ2) is 12.8. The Morgan fingerprint density at radius 2 is 0.875 bits per heavy atom. The zero-order valence-corrected chi connectivity index (χ0v) is 20.8. The average molecular weight is 539 g/mol. The molecule has 6 nitrogen and oxygen atoms in total. The second-order valence-electron chi connectivity index (χ2n) is 8.31. The van der Waals surface area contributed by atoms with E-state index in [4.69, 9.17) is 9.47 Å². The first-order valence-electron chi connectivity index (χ1n) is 11.9. The lowest BCUT2D eigenvalue weighted by molar-refractivity contribution is -0.107. The summed E-state index contributed by atoms with van der Waals surface area (Å²) >= 11 is 0. The first kappa shape index (κ1) is 27.5. The molecule has 4 rings (SSSR count). The molecule has 198 valence electrons. The number of benzene rings is 4. The fraction of sp³-hybridized carbons (Fsp3) is 0. The average Bonchev–Trinajstić information content (AvgIpc) is 2.97. The van der Waals surface area contributed by atoms with Crippen LogP contribution in [0.2, 0.25) is 0 Å². The van der Waals surface area contributed by atoms with Gasteiger partial charge in [-0.05, 0) is 71.8 Å². The van der Waals surface area contributed by atoms with Crippen LogP contribution in [0.15, 0.2) is 108 Å². The van der Waals surface area contributed by atoms with Gasteiger partial charge in [0.2, 0.25) is 0 Å². The maximum atomic E-state index is 13.8. The minimum Gasteiger partial charge on any atom is -0.423 e. The van der Waals surface area contributed by atoms with Gasteiger partial charge in [-0.2, -0.15) is 0 Å². The second-order valence-corrected chi connectivity index (χ2v) is 8.31. The number of halogens is 2. The molecule has 0 radical (unpaired) electrons. The summed E-state index contributed by atoms with van der Waals surface area (Å²) in [5.41, 5.74) is 0.840. The van der Waals surface area contributed by atoms with Crippen molar-refractivity contribution in [1.82, 2.24) is 0 Å². The molecule has 0 aromatic heterocycles. The quantitative estimate of drug-likeness (QED) is 0.0821. The van der Waals surface area contributed by atoms with Gasteiger partial charge in [-0.1, -0.05) is 48.5 Å². The Morgan fingerprint density at radius 1 is 0.525 bits per heavy atom. The third-order valence-corrected chi connectivity index (χ3v) is 5.60. The number of allylic oxidation sites excluding steroid dienone is 2. The fourth-order valence-electron chi connectivity index (χ4n) is 3.57. The van der Waals surface area contributed by atoms with Gasteiger partial charge in [0.05, 0.1) is 11.1 Å². The third-order valence-electron chi connectivity index (χ3n) is 5.60. The van der Waals surface area contributed by atoms with Crippen LogP contribution in [0.25, 0.3) is 12.2 Å². The Balaban J connectivity index is 1.46. The number of carbonyl (C=O) groups is 4. The van der Waals surface area contributed by atoms with Gasteiger partial charge in [-0.25, -0.2) is 18.4 Å². The molecule has 0 aliphatic rings. The highest BCUT2D eigenvalue weighted by Crippen LogP contribution is 2.21. The van der Waals surface area contributed by atoms with Crippen LogP contribution in [0, 0.1) is 11.6 Å². The topological polar surface area (TPSA) is 86.7 Å². The van der Waals surface area contributed by atoms with Gasteiger partial charge in [0.1, 0.15) is 23.1 Å². The fourth-order valence-corrected chi connectivity index (χ4v) is 3.57. The van der Waals surface area contributed by atoms with Gasteiger partial charge >= 0.3 is 11.9 Å². The van der Waals surface area contributed by atoms with Crippen LogP contribution >= 0.6 is 0 Å². The standard InChI is InChI=1S/C32H20F2O6/c33-29-7-3-1-5-27(29)31(37)39-25-13-9-21(10-14-25)17-23(19-35)24(20-36)18-22-11-15-26(16-12-22)40-32(38)28-6-2-4-8-30(28)34/h1-20H. The number of ether oxygens (including phenoxy) is 2. The van der Waals surface area contributed by atoms with E-state index in [9.17, 15) is 28.0 Å². The molecular weight excluding hydrogens is 518 g/mol. The van der Waals surface area contributed by atoms with Crippen molar-refractivity contribution in [2.75, 3.05) is 0 Å². The highest BCUT2D eigenvalue weighted by Gasteiger charge is 2.14. The zero-order valence-electron chi connectivity index (χ0n) is 20.8. The molecule has 4 aromatic rings. The largest absolute Gasteiger partial charge is 0.423 e. The SMILES string of the molecule is O=CC(=Cc1ccc(OC(=O)c2ccccc2F)cc1)C(C=O)=Cc1ccc(OC(=O)c2ccccc2F)cc1. The molecule has 0 fully saturated rings. The van der Waals surface area contributed by atoms with Gasteiger partial charge in [-0.3, -0.25) is 9.59 Å². The zero-order chi connectivity index (χ0) is 28.5. The van der Waals surface area contributed by atoms with Crippen molar-refractivity contribution >= 4 is 36.7 Å². The maximum absolute atomic E-state index is 13.8. The smallest absolute Gasteiger partial charge is 0.346 e. The summed E-state index contributed by atoms with van der Waals surface area (Å²) in [5.74, 6) is -2.77. The van der Waals surface area contributed by atoms with Crippen LogP contribution < -0.4 is 9.47 Å². The van der Waals surface area contributed by atoms with E-state index < -0.39 is 23.6 Å². The van der Waals surface area contributed by atoms with Gasteiger partial charge in [0, 0.05) is 11.1 Å².